The maximum absolute atomic E-state index is 13.2. The predicted octanol–water partition coefficient (Wildman–Crippen LogP) is 1.47. The molecule has 14 heavy (non-hydrogen) atoms. The molecule has 72 valence electrons. The lowest BCUT2D eigenvalue weighted by molar-refractivity contribution is 0.253. The Labute approximate surface area is 80.7 Å². The quantitative estimate of drug-likeness (QED) is 0.683. The van der Waals surface area contributed by atoms with Gasteiger partial charge in [-0.1, -0.05) is 6.07 Å². The van der Waals surface area contributed by atoms with Gasteiger partial charge in [0.2, 0.25) is 0 Å². The molecule has 1 aliphatic rings. The number of hydrogen-bond donors (Lipinski definition) is 0. The Morgan fingerprint density at radius 2 is 2.43 bits per heavy atom. The summed E-state index contributed by atoms with van der Waals surface area (Å²) in [5.74, 6) is -0.491. The lowest BCUT2D eigenvalue weighted by Gasteiger charge is -2.06. The summed E-state index contributed by atoms with van der Waals surface area (Å²) in [6.45, 7) is 0.950. The maximum Gasteiger partial charge on any atom is 0.172 e. The lowest BCUT2D eigenvalue weighted by Crippen LogP contribution is -2.06. The molecule has 1 saturated heterocycles. The van der Waals surface area contributed by atoms with Crippen LogP contribution in [0.1, 0.15) is 5.56 Å². The number of ether oxygens (including phenoxy) is 2. The summed E-state index contributed by atoms with van der Waals surface area (Å²) in [5.41, 5.74) is 0.214. The normalized spacial score (nSPS) is 18.7. The van der Waals surface area contributed by atoms with Crippen LogP contribution in [0.2, 0.25) is 0 Å². The Bertz CT molecular complexity index is 382. The van der Waals surface area contributed by atoms with E-state index in [0.29, 0.717) is 13.2 Å². The summed E-state index contributed by atoms with van der Waals surface area (Å²) in [4.78, 5) is 0. The summed E-state index contributed by atoms with van der Waals surface area (Å²) in [6, 6.07) is 6.14. The average molecular weight is 193 g/mol. The molecular weight excluding hydrogens is 185 g/mol. The second kappa shape index (κ2) is 3.64. The van der Waals surface area contributed by atoms with Crippen molar-refractivity contribution in [3.05, 3.63) is 29.6 Å². The van der Waals surface area contributed by atoms with Gasteiger partial charge < -0.3 is 9.47 Å². The molecule has 0 radical (unpaired) electrons. The molecule has 1 heterocycles. The highest BCUT2D eigenvalue weighted by Crippen LogP contribution is 2.23. The van der Waals surface area contributed by atoms with Crippen LogP contribution >= 0.6 is 0 Å². The van der Waals surface area contributed by atoms with Gasteiger partial charge >= 0.3 is 0 Å². The standard InChI is InChI=1S/C10H8FNO2/c11-9-3-1-2-7(4-12)10(9)14-6-8-5-13-8/h1-3,8H,5-6H2. The lowest BCUT2D eigenvalue weighted by atomic mass is 10.2. The fraction of sp³-hybridized carbons (Fsp3) is 0.300. The Morgan fingerprint density at radius 3 is 3.07 bits per heavy atom. The smallest absolute Gasteiger partial charge is 0.172 e. The third-order valence-electron chi connectivity index (χ3n) is 1.90. The maximum atomic E-state index is 13.2. The topological polar surface area (TPSA) is 45.5 Å². The van der Waals surface area contributed by atoms with Crippen molar-refractivity contribution >= 4 is 0 Å². The minimum Gasteiger partial charge on any atom is -0.486 e. The second-order valence-corrected chi connectivity index (χ2v) is 2.99. The van der Waals surface area contributed by atoms with Crippen LogP contribution in [0.5, 0.6) is 5.75 Å². The van der Waals surface area contributed by atoms with Crippen molar-refractivity contribution < 1.29 is 13.9 Å². The van der Waals surface area contributed by atoms with Gasteiger partial charge in [-0.15, -0.1) is 0 Å². The van der Waals surface area contributed by atoms with E-state index in [0.717, 1.165) is 0 Å². The Morgan fingerprint density at radius 1 is 1.64 bits per heavy atom. The summed E-state index contributed by atoms with van der Waals surface area (Å²) in [5, 5.41) is 8.70. The van der Waals surface area contributed by atoms with Gasteiger partial charge in [0, 0.05) is 0 Å². The number of nitriles is 1. The van der Waals surface area contributed by atoms with E-state index in [1.807, 2.05) is 6.07 Å². The number of halogens is 1. The van der Waals surface area contributed by atoms with Crippen LogP contribution in [0.25, 0.3) is 0 Å². The molecule has 0 aromatic heterocycles. The minimum atomic E-state index is -0.510. The second-order valence-electron chi connectivity index (χ2n) is 2.99. The van der Waals surface area contributed by atoms with Gasteiger partial charge in [0.15, 0.2) is 11.6 Å². The van der Waals surface area contributed by atoms with Crippen molar-refractivity contribution in [2.75, 3.05) is 13.2 Å². The van der Waals surface area contributed by atoms with Gasteiger partial charge in [0.05, 0.1) is 12.2 Å². The molecule has 4 heteroatoms. The van der Waals surface area contributed by atoms with Gasteiger partial charge in [-0.05, 0) is 12.1 Å². The molecule has 1 aromatic carbocycles. The Hall–Kier alpha value is -1.60. The molecule has 0 saturated carbocycles. The van der Waals surface area contributed by atoms with Gasteiger partial charge in [0.25, 0.3) is 0 Å². The molecule has 1 aliphatic heterocycles. The van der Waals surface area contributed by atoms with Crippen LogP contribution in [0, 0.1) is 17.1 Å². The van der Waals surface area contributed by atoms with Crippen LogP contribution < -0.4 is 4.74 Å². The monoisotopic (exact) mass is 193 g/mol. The fourth-order valence-electron chi connectivity index (χ4n) is 1.08. The van der Waals surface area contributed by atoms with E-state index in [1.54, 1.807) is 0 Å². The van der Waals surface area contributed by atoms with Crippen LogP contribution in [0.15, 0.2) is 18.2 Å². The zero-order chi connectivity index (χ0) is 9.97. The van der Waals surface area contributed by atoms with Crippen molar-refractivity contribution in [2.45, 2.75) is 6.10 Å². The molecule has 1 unspecified atom stereocenters. The van der Waals surface area contributed by atoms with Crippen molar-refractivity contribution in [1.29, 1.82) is 5.26 Å². The van der Waals surface area contributed by atoms with E-state index < -0.39 is 5.82 Å². The van der Waals surface area contributed by atoms with Crippen molar-refractivity contribution in [2.24, 2.45) is 0 Å². The predicted molar refractivity (Wildman–Crippen MR) is 46.4 cm³/mol. The van der Waals surface area contributed by atoms with Crippen molar-refractivity contribution in [3.63, 3.8) is 0 Å². The SMILES string of the molecule is N#Cc1cccc(F)c1OCC1CO1. The Kier molecular flexibility index (Phi) is 2.33. The van der Waals surface area contributed by atoms with Gasteiger partial charge in [0.1, 0.15) is 18.8 Å². The van der Waals surface area contributed by atoms with Crippen LogP contribution in [-0.2, 0) is 4.74 Å². The molecule has 0 bridgehead atoms. The summed E-state index contributed by atoms with van der Waals surface area (Å²) in [7, 11) is 0. The molecule has 1 fully saturated rings. The zero-order valence-electron chi connectivity index (χ0n) is 7.37. The molecule has 1 aromatic rings. The molecule has 3 nitrogen and oxygen atoms in total. The first-order valence-corrected chi connectivity index (χ1v) is 4.24. The number of nitrogens with zero attached hydrogens (tertiary/aromatic N) is 1. The van der Waals surface area contributed by atoms with Gasteiger partial charge in [-0.2, -0.15) is 5.26 Å². The molecule has 0 N–H and O–H groups in total. The number of epoxide rings is 1. The highest BCUT2D eigenvalue weighted by Gasteiger charge is 2.24. The number of benzene rings is 1. The highest BCUT2D eigenvalue weighted by molar-refractivity contribution is 5.43. The van der Waals surface area contributed by atoms with Crippen LogP contribution in [0.3, 0.4) is 0 Å². The number of hydrogen-bond acceptors (Lipinski definition) is 3. The van der Waals surface area contributed by atoms with Crippen molar-refractivity contribution in [1.82, 2.24) is 0 Å². The summed E-state index contributed by atoms with van der Waals surface area (Å²) < 4.78 is 23.3. The molecular formula is C10H8FNO2. The van der Waals surface area contributed by atoms with E-state index in [1.165, 1.54) is 18.2 Å². The Balaban J connectivity index is 2.16. The van der Waals surface area contributed by atoms with Crippen LogP contribution in [-0.4, -0.2) is 19.3 Å². The van der Waals surface area contributed by atoms with Gasteiger partial charge in [-0.25, -0.2) is 4.39 Å². The zero-order valence-corrected chi connectivity index (χ0v) is 7.37. The van der Waals surface area contributed by atoms with Crippen LogP contribution in [0.4, 0.5) is 4.39 Å². The van der Waals surface area contributed by atoms with E-state index in [2.05, 4.69) is 0 Å². The first-order chi connectivity index (χ1) is 6.81. The van der Waals surface area contributed by atoms with Crippen molar-refractivity contribution in [3.8, 4) is 11.8 Å². The molecule has 1 atom stereocenters. The van der Waals surface area contributed by atoms with E-state index >= 15 is 0 Å². The highest BCUT2D eigenvalue weighted by atomic mass is 19.1. The molecule has 0 spiro atoms. The average Bonchev–Trinajstić information content (AvgIpc) is 2.99. The fourth-order valence-corrected chi connectivity index (χ4v) is 1.08. The molecule has 0 amide bonds. The number of para-hydroxylation sites is 1. The molecule has 2 rings (SSSR count). The van der Waals surface area contributed by atoms with E-state index in [4.69, 9.17) is 14.7 Å². The summed E-state index contributed by atoms with van der Waals surface area (Å²) >= 11 is 0. The first-order valence-electron chi connectivity index (χ1n) is 4.24. The number of rotatable bonds is 3. The van der Waals surface area contributed by atoms with Gasteiger partial charge in [-0.3, -0.25) is 0 Å². The third kappa shape index (κ3) is 1.83. The van der Waals surface area contributed by atoms with E-state index in [-0.39, 0.29) is 17.4 Å². The molecule has 0 aliphatic carbocycles. The third-order valence-corrected chi connectivity index (χ3v) is 1.90. The first kappa shape index (κ1) is 8.97. The summed E-state index contributed by atoms with van der Waals surface area (Å²) in [6.07, 6.45) is 0.0566. The minimum absolute atomic E-state index is 0.0190. The van der Waals surface area contributed by atoms with E-state index in [9.17, 15) is 4.39 Å². The largest absolute Gasteiger partial charge is 0.486 e.